The van der Waals surface area contributed by atoms with Gasteiger partial charge in [-0.3, -0.25) is 14.4 Å². The number of nitrogens with zero attached hydrogens (tertiary/aromatic N) is 3. The van der Waals surface area contributed by atoms with Crippen LogP contribution in [-0.4, -0.2) is 63.5 Å². The molecule has 1 saturated heterocycles. The number of carbonyl (C=O) groups is 1. The van der Waals surface area contributed by atoms with Gasteiger partial charge in [-0.15, -0.1) is 12.4 Å². The Kier molecular flexibility index (Phi) is 9.12. The zero-order valence-electron chi connectivity index (χ0n) is 21.9. The summed E-state index contributed by atoms with van der Waals surface area (Å²) >= 11 is 1.76. The molecule has 2 N–H and O–H groups in total. The summed E-state index contributed by atoms with van der Waals surface area (Å²) in [5, 5.41) is 4.02. The van der Waals surface area contributed by atoms with Gasteiger partial charge >= 0.3 is 0 Å². The lowest BCUT2D eigenvalue weighted by Crippen LogP contribution is -2.48. The minimum atomic E-state index is -3.80. The molecule has 0 bridgehead atoms. The number of hydrogen-bond donors (Lipinski definition) is 2. The summed E-state index contributed by atoms with van der Waals surface area (Å²) in [6, 6.07) is 19.0. The van der Waals surface area contributed by atoms with E-state index in [1.807, 2.05) is 0 Å². The Bertz CT molecular complexity index is 1510. The van der Waals surface area contributed by atoms with Crippen LogP contribution in [0.15, 0.2) is 71.6 Å². The summed E-state index contributed by atoms with van der Waals surface area (Å²) in [5.74, 6) is -0.310. The van der Waals surface area contributed by atoms with Crippen LogP contribution in [-0.2, 0) is 10.0 Å². The first-order valence-corrected chi connectivity index (χ1v) is 14.9. The van der Waals surface area contributed by atoms with Crippen molar-refractivity contribution in [2.45, 2.75) is 18.7 Å². The molecule has 0 saturated carbocycles. The van der Waals surface area contributed by atoms with Crippen molar-refractivity contribution < 1.29 is 13.2 Å². The van der Waals surface area contributed by atoms with E-state index >= 15 is 0 Å². The number of amides is 1. The van der Waals surface area contributed by atoms with Crippen LogP contribution in [0.1, 0.15) is 21.5 Å². The summed E-state index contributed by atoms with van der Waals surface area (Å²) < 4.78 is 29.3. The van der Waals surface area contributed by atoms with Crippen molar-refractivity contribution in [3.8, 4) is 0 Å². The lowest BCUT2D eigenvalue weighted by Gasteiger charge is -2.34. The number of thiazole rings is 1. The second kappa shape index (κ2) is 12.3. The first-order valence-electron chi connectivity index (χ1n) is 12.6. The minimum Gasteiger partial charge on any atom is -0.351 e. The number of anilines is 2. The van der Waals surface area contributed by atoms with Gasteiger partial charge in [-0.1, -0.05) is 53.8 Å². The Morgan fingerprint density at radius 2 is 1.59 bits per heavy atom. The van der Waals surface area contributed by atoms with E-state index in [1.54, 1.807) is 53.8 Å². The van der Waals surface area contributed by atoms with E-state index in [0.29, 0.717) is 12.1 Å². The Balaban J connectivity index is 0.00000353. The molecule has 0 radical (unpaired) electrons. The fourth-order valence-corrected chi connectivity index (χ4v) is 6.81. The zero-order chi connectivity index (χ0) is 26.7. The van der Waals surface area contributed by atoms with Gasteiger partial charge in [-0.25, -0.2) is 13.4 Å². The third-order valence-corrected chi connectivity index (χ3v) is 9.39. The maximum absolute atomic E-state index is 12.9. The van der Waals surface area contributed by atoms with E-state index in [2.05, 4.69) is 45.8 Å². The molecule has 5 rings (SSSR count). The third kappa shape index (κ3) is 6.52. The Hall–Kier alpha value is -3.18. The topological polar surface area (TPSA) is 94.6 Å². The zero-order valence-corrected chi connectivity index (χ0v) is 24.3. The highest BCUT2D eigenvalue weighted by Crippen LogP contribution is 2.33. The van der Waals surface area contributed by atoms with Crippen molar-refractivity contribution in [2.75, 3.05) is 48.9 Å². The van der Waals surface area contributed by atoms with Crippen molar-refractivity contribution in [3.63, 3.8) is 0 Å². The van der Waals surface area contributed by atoms with E-state index in [4.69, 9.17) is 4.98 Å². The number of piperazine rings is 1. The molecule has 11 heteroatoms. The Morgan fingerprint density at radius 3 is 2.31 bits per heavy atom. The van der Waals surface area contributed by atoms with Crippen LogP contribution >= 0.6 is 23.7 Å². The summed E-state index contributed by atoms with van der Waals surface area (Å²) in [7, 11) is -3.80. The maximum atomic E-state index is 12.9. The molecule has 0 aliphatic carbocycles. The summed E-state index contributed by atoms with van der Waals surface area (Å²) in [5.41, 5.74) is 4.11. The van der Waals surface area contributed by atoms with Crippen LogP contribution in [0.25, 0.3) is 10.2 Å². The number of para-hydroxylation sites is 1. The lowest BCUT2D eigenvalue weighted by molar-refractivity contribution is 0.0948. The van der Waals surface area contributed by atoms with Gasteiger partial charge in [0.05, 0.1) is 26.4 Å². The van der Waals surface area contributed by atoms with Gasteiger partial charge in [-0.05, 0) is 49.2 Å². The summed E-state index contributed by atoms with van der Waals surface area (Å²) in [4.78, 5) is 22.6. The number of hydrogen-bond acceptors (Lipinski definition) is 7. The summed E-state index contributed by atoms with van der Waals surface area (Å²) in [6.07, 6.45) is 0. The van der Waals surface area contributed by atoms with Crippen molar-refractivity contribution in [1.29, 1.82) is 0 Å². The predicted octanol–water partition coefficient (Wildman–Crippen LogP) is 4.69. The van der Waals surface area contributed by atoms with E-state index in [0.717, 1.165) is 43.4 Å². The number of fused-ring (bicyclic) bond motifs is 1. The van der Waals surface area contributed by atoms with Gasteiger partial charge in [0.15, 0.2) is 5.13 Å². The second-order valence-electron chi connectivity index (χ2n) is 9.42. The van der Waals surface area contributed by atoms with Crippen molar-refractivity contribution in [3.05, 3.63) is 83.4 Å². The Labute approximate surface area is 239 Å². The third-order valence-electron chi connectivity index (χ3n) is 6.76. The van der Waals surface area contributed by atoms with Crippen molar-refractivity contribution in [2.24, 2.45) is 0 Å². The number of carbonyl (C=O) groups excluding carboxylic acids is 1. The number of nitrogens with one attached hydrogen (secondary N) is 2. The molecule has 206 valence electrons. The molecule has 1 aliphatic rings. The molecule has 4 aromatic rings. The smallest absolute Gasteiger partial charge is 0.261 e. The van der Waals surface area contributed by atoms with Crippen LogP contribution in [0.2, 0.25) is 0 Å². The fraction of sp³-hybridized carbons (Fsp3) is 0.286. The van der Waals surface area contributed by atoms with Gasteiger partial charge in [0, 0.05) is 39.3 Å². The number of benzene rings is 3. The fourth-order valence-electron chi connectivity index (χ4n) is 4.54. The molecular weight excluding hydrogens is 554 g/mol. The molecule has 3 aromatic carbocycles. The standard InChI is InChI=1S/C28H31N5O3S2.ClH/c1-20-12-13-21(2)26-25(20)30-28(37-26)33-18-16-32(17-19-33)15-14-29-27(34)23-10-6-7-11-24(23)31-38(35,36)22-8-4-3-5-9-22;/h3-13,31H,14-19H2,1-2H3,(H,29,34);1H. The normalized spacial score (nSPS) is 14.2. The van der Waals surface area contributed by atoms with Crippen LogP contribution < -0.4 is 14.9 Å². The second-order valence-corrected chi connectivity index (χ2v) is 12.1. The van der Waals surface area contributed by atoms with Gasteiger partial charge in [0.1, 0.15) is 0 Å². The first kappa shape index (κ1) is 28.8. The molecule has 0 spiro atoms. The average Bonchev–Trinajstić information content (AvgIpc) is 3.39. The summed E-state index contributed by atoms with van der Waals surface area (Å²) in [6.45, 7) is 8.97. The van der Waals surface area contributed by atoms with Gasteiger partial charge in [-0.2, -0.15) is 0 Å². The number of sulfonamides is 1. The molecule has 1 fully saturated rings. The first-order chi connectivity index (χ1) is 18.3. The maximum Gasteiger partial charge on any atom is 0.261 e. The molecule has 1 aromatic heterocycles. The molecular formula is C28H32ClN5O3S2. The number of aryl methyl sites for hydroxylation is 2. The molecule has 2 heterocycles. The van der Waals surface area contributed by atoms with Gasteiger partial charge in [0.25, 0.3) is 15.9 Å². The van der Waals surface area contributed by atoms with E-state index in [9.17, 15) is 13.2 Å². The quantitative estimate of drug-likeness (QED) is 0.312. The Morgan fingerprint density at radius 1 is 0.923 bits per heavy atom. The monoisotopic (exact) mass is 585 g/mol. The highest BCUT2D eigenvalue weighted by Gasteiger charge is 2.22. The highest BCUT2D eigenvalue weighted by molar-refractivity contribution is 7.92. The molecule has 1 aliphatic heterocycles. The van der Waals surface area contributed by atoms with E-state index in [1.165, 1.54) is 28.0 Å². The molecule has 0 unspecified atom stereocenters. The number of halogens is 1. The largest absolute Gasteiger partial charge is 0.351 e. The average molecular weight is 586 g/mol. The molecule has 8 nitrogen and oxygen atoms in total. The van der Waals surface area contributed by atoms with Crippen LogP contribution in [0.4, 0.5) is 10.8 Å². The molecule has 1 amide bonds. The van der Waals surface area contributed by atoms with Crippen molar-refractivity contribution >= 4 is 60.7 Å². The van der Waals surface area contributed by atoms with Crippen LogP contribution in [0, 0.1) is 13.8 Å². The predicted molar refractivity (Wildman–Crippen MR) is 161 cm³/mol. The number of aromatic nitrogens is 1. The van der Waals surface area contributed by atoms with Crippen LogP contribution in [0.3, 0.4) is 0 Å². The SMILES string of the molecule is Cc1ccc(C)c2sc(N3CCN(CCNC(=O)c4ccccc4NS(=O)(=O)c4ccccc4)CC3)nc12.Cl. The molecule has 0 atom stereocenters. The van der Waals surface area contributed by atoms with Crippen molar-refractivity contribution in [1.82, 2.24) is 15.2 Å². The highest BCUT2D eigenvalue weighted by atomic mass is 35.5. The van der Waals surface area contributed by atoms with Gasteiger partial charge in [0.2, 0.25) is 0 Å². The lowest BCUT2D eigenvalue weighted by atomic mass is 10.1. The minimum absolute atomic E-state index is 0. The van der Waals surface area contributed by atoms with Crippen LogP contribution in [0.5, 0.6) is 0 Å². The van der Waals surface area contributed by atoms with E-state index in [-0.39, 0.29) is 28.9 Å². The van der Waals surface area contributed by atoms with Gasteiger partial charge < -0.3 is 10.2 Å². The van der Waals surface area contributed by atoms with E-state index < -0.39 is 10.0 Å². The number of rotatable bonds is 8. The molecule has 39 heavy (non-hydrogen) atoms.